The van der Waals surface area contributed by atoms with Crippen molar-refractivity contribution in [2.24, 2.45) is 0 Å². The lowest BCUT2D eigenvalue weighted by Gasteiger charge is -2.17. The third kappa shape index (κ3) is 2.47. The number of benzene rings is 2. The second-order valence-electron chi connectivity index (χ2n) is 6.32. The van der Waals surface area contributed by atoms with Crippen LogP contribution in [0.3, 0.4) is 0 Å². The van der Waals surface area contributed by atoms with Crippen molar-refractivity contribution in [2.45, 2.75) is 33.1 Å². The summed E-state index contributed by atoms with van der Waals surface area (Å²) >= 11 is 6.29. The van der Waals surface area contributed by atoms with Crippen molar-refractivity contribution >= 4 is 33.9 Å². The molecule has 1 aliphatic carbocycles. The number of pyridine rings is 1. The van der Waals surface area contributed by atoms with Crippen LogP contribution in [0.15, 0.2) is 36.4 Å². The van der Waals surface area contributed by atoms with Gasteiger partial charge in [-0.25, -0.2) is 0 Å². The Morgan fingerprint density at radius 3 is 2.83 bits per heavy atom. The summed E-state index contributed by atoms with van der Waals surface area (Å²) in [4.78, 5) is 4.87. The van der Waals surface area contributed by atoms with Crippen LogP contribution in [0.4, 0.5) is 11.4 Å². The van der Waals surface area contributed by atoms with Gasteiger partial charge in [-0.15, -0.1) is 0 Å². The summed E-state index contributed by atoms with van der Waals surface area (Å²) in [6, 6.07) is 12.5. The quantitative estimate of drug-likeness (QED) is 0.651. The number of hydrogen-bond donors (Lipinski definition) is 1. The predicted molar refractivity (Wildman–Crippen MR) is 98.0 cm³/mol. The smallest absolute Gasteiger partial charge is 0.0726 e. The van der Waals surface area contributed by atoms with E-state index < -0.39 is 0 Å². The van der Waals surface area contributed by atoms with E-state index in [1.807, 2.05) is 12.1 Å². The third-order valence-corrected chi connectivity index (χ3v) is 5.10. The summed E-state index contributed by atoms with van der Waals surface area (Å²) in [7, 11) is 0. The minimum absolute atomic E-state index is 0.793. The van der Waals surface area contributed by atoms with Gasteiger partial charge in [-0.1, -0.05) is 29.3 Å². The van der Waals surface area contributed by atoms with Gasteiger partial charge >= 0.3 is 0 Å². The normalized spacial score (nSPS) is 13.3. The van der Waals surface area contributed by atoms with Gasteiger partial charge in [-0.05, 0) is 68.5 Å². The van der Waals surface area contributed by atoms with Crippen molar-refractivity contribution in [3.05, 3.63) is 63.8 Å². The van der Waals surface area contributed by atoms with E-state index >= 15 is 0 Å². The number of halogens is 1. The number of aryl methyl sites for hydroxylation is 2. The molecular weight excluding hydrogens is 304 g/mol. The molecule has 0 saturated carbocycles. The highest BCUT2D eigenvalue weighted by molar-refractivity contribution is 6.31. The molecule has 0 radical (unpaired) electrons. The summed E-state index contributed by atoms with van der Waals surface area (Å²) in [6.45, 7) is 4.18. The van der Waals surface area contributed by atoms with Crippen molar-refractivity contribution in [1.29, 1.82) is 0 Å². The molecule has 4 rings (SSSR count). The van der Waals surface area contributed by atoms with Gasteiger partial charge in [0, 0.05) is 21.8 Å². The molecule has 0 unspecified atom stereocenters. The van der Waals surface area contributed by atoms with Crippen LogP contribution in [0.5, 0.6) is 0 Å². The SMILES string of the molecule is Cc1ccc2nc3c(c(Nc4cccc(Cl)c4C)c2c1)CCC3. The highest BCUT2D eigenvalue weighted by Crippen LogP contribution is 2.37. The van der Waals surface area contributed by atoms with E-state index in [1.165, 1.54) is 34.3 Å². The molecule has 1 N–H and O–H groups in total. The fraction of sp³-hybridized carbons (Fsp3) is 0.250. The van der Waals surface area contributed by atoms with Crippen LogP contribution in [0.2, 0.25) is 5.02 Å². The Morgan fingerprint density at radius 1 is 1.09 bits per heavy atom. The maximum atomic E-state index is 6.29. The van der Waals surface area contributed by atoms with Crippen molar-refractivity contribution < 1.29 is 0 Å². The summed E-state index contributed by atoms with van der Waals surface area (Å²) in [6.07, 6.45) is 3.34. The van der Waals surface area contributed by atoms with Crippen LogP contribution in [-0.4, -0.2) is 4.98 Å². The van der Waals surface area contributed by atoms with Crippen LogP contribution in [0.1, 0.15) is 28.8 Å². The highest BCUT2D eigenvalue weighted by atomic mass is 35.5. The Kier molecular flexibility index (Phi) is 3.50. The predicted octanol–water partition coefficient (Wildman–Crippen LogP) is 5.74. The maximum Gasteiger partial charge on any atom is 0.0726 e. The van der Waals surface area contributed by atoms with Crippen LogP contribution in [0, 0.1) is 13.8 Å². The first-order valence-electron chi connectivity index (χ1n) is 8.08. The van der Waals surface area contributed by atoms with E-state index in [0.717, 1.165) is 34.6 Å². The molecule has 1 aromatic heterocycles. The van der Waals surface area contributed by atoms with E-state index in [0.29, 0.717) is 0 Å². The zero-order valence-corrected chi connectivity index (χ0v) is 14.2. The summed E-state index contributed by atoms with van der Waals surface area (Å²) in [5.41, 5.74) is 8.28. The molecule has 0 atom stereocenters. The van der Waals surface area contributed by atoms with Crippen LogP contribution < -0.4 is 5.32 Å². The molecule has 0 aliphatic heterocycles. The molecule has 0 bridgehead atoms. The van der Waals surface area contributed by atoms with Gasteiger partial charge in [0.1, 0.15) is 0 Å². The summed E-state index contributed by atoms with van der Waals surface area (Å²) < 4.78 is 0. The van der Waals surface area contributed by atoms with Crippen molar-refractivity contribution in [3.63, 3.8) is 0 Å². The zero-order valence-electron chi connectivity index (χ0n) is 13.4. The molecule has 0 fully saturated rings. The number of nitrogens with one attached hydrogen (secondary N) is 1. The molecular formula is C20H19ClN2. The Balaban J connectivity index is 1.94. The number of rotatable bonds is 2. The van der Waals surface area contributed by atoms with Gasteiger partial charge in [0.05, 0.1) is 11.2 Å². The van der Waals surface area contributed by atoms with E-state index in [9.17, 15) is 0 Å². The Morgan fingerprint density at radius 2 is 1.96 bits per heavy atom. The van der Waals surface area contributed by atoms with Gasteiger partial charge < -0.3 is 5.32 Å². The maximum absolute atomic E-state index is 6.29. The van der Waals surface area contributed by atoms with E-state index in [1.54, 1.807) is 0 Å². The van der Waals surface area contributed by atoms with Gasteiger partial charge in [0.15, 0.2) is 0 Å². The minimum atomic E-state index is 0.793. The average molecular weight is 323 g/mol. The van der Waals surface area contributed by atoms with Crippen molar-refractivity contribution in [1.82, 2.24) is 4.98 Å². The first kappa shape index (κ1) is 14.5. The number of anilines is 2. The lowest BCUT2D eigenvalue weighted by atomic mass is 10.0. The number of fused-ring (bicyclic) bond motifs is 2. The van der Waals surface area contributed by atoms with E-state index in [4.69, 9.17) is 16.6 Å². The minimum Gasteiger partial charge on any atom is -0.354 e. The van der Waals surface area contributed by atoms with Crippen LogP contribution in [-0.2, 0) is 12.8 Å². The van der Waals surface area contributed by atoms with E-state index in [2.05, 4.69) is 43.4 Å². The molecule has 1 aliphatic rings. The number of aromatic nitrogens is 1. The fourth-order valence-electron chi connectivity index (χ4n) is 3.40. The molecule has 0 saturated heterocycles. The summed E-state index contributed by atoms with van der Waals surface area (Å²) in [5, 5.41) is 5.65. The summed E-state index contributed by atoms with van der Waals surface area (Å²) in [5.74, 6) is 0. The molecule has 3 aromatic rings. The van der Waals surface area contributed by atoms with Gasteiger partial charge in [0.25, 0.3) is 0 Å². The Labute approximate surface area is 141 Å². The largest absolute Gasteiger partial charge is 0.354 e. The molecule has 2 aromatic carbocycles. The number of hydrogen-bond acceptors (Lipinski definition) is 2. The van der Waals surface area contributed by atoms with Gasteiger partial charge in [-0.2, -0.15) is 0 Å². The number of nitrogens with zero attached hydrogens (tertiary/aromatic N) is 1. The lowest BCUT2D eigenvalue weighted by molar-refractivity contribution is 0.901. The molecule has 1 heterocycles. The van der Waals surface area contributed by atoms with Gasteiger partial charge in [0.2, 0.25) is 0 Å². The van der Waals surface area contributed by atoms with Crippen LogP contribution in [0.25, 0.3) is 10.9 Å². The van der Waals surface area contributed by atoms with Crippen molar-refractivity contribution in [3.8, 4) is 0 Å². The molecule has 3 heteroatoms. The average Bonchev–Trinajstić information content (AvgIpc) is 3.00. The third-order valence-electron chi connectivity index (χ3n) is 4.69. The first-order valence-corrected chi connectivity index (χ1v) is 8.45. The van der Waals surface area contributed by atoms with E-state index in [-0.39, 0.29) is 0 Å². The molecule has 0 amide bonds. The topological polar surface area (TPSA) is 24.9 Å². The lowest BCUT2D eigenvalue weighted by Crippen LogP contribution is -2.01. The standard InChI is InChI=1S/C20H19ClN2/c1-12-9-10-19-15(11-12)20(14-5-3-8-18(14)22-19)23-17-7-4-6-16(21)13(17)2/h4,6-7,9-11H,3,5,8H2,1-2H3,(H,22,23). The zero-order chi connectivity index (χ0) is 16.0. The molecule has 23 heavy (non-hydrogen) atoms. The van der Waals surface area contributed by atoms with Crippen molar-refractivity contribution in [2.75, 3.05) is 5.32 Å². The second kappa shape index (κ2) is 5.54. The Bertz CT molecular complexity index is 915. The molecule has 116 valence electrons. The van der Waals surface area contributed by atoms with Gasteiger partial charge in [-0.3, -0.25) is 4.98 Å². The molecule has 0 spiro atoms. The first-order chi connectivity index (χ1) is 11.1. The highest BCUT2D eigenvalue weighted by Gasteiger charge is 2.20. The Hall–Kier alpha value is -2.06. The second-order valence-corrected chi connectivity index (χ2v) is 6.73. The monoisotopic (exact) mass is 322 g/mol. The molecule has 2 nitrogen and oxygen atoms in total. The van der Waals surface area contributed by atoms with Crippen LogP contribution >= 0.6 is 11.6 Å². The fourth-order valence-corrected chi connectivity index (χ4v) is 3.57.